The van der Waals surface area contributed by atoms with Gasteiger partial charge in [0.1, 0.15) is 0 Å². The van der Waals surface area contributed by atoms with Crippen LogP contribution in [0.15, 0.2) is 0 Å². The van der Waals surface area contributed by atoms with E-state index in [9.17, 15) is 0 Å². The smallest absolute Gasteiger partial charge is 0.0617 e. The number of nitrogens with zero attached hydrogens (tertiary/aromatic N) is 1. The molecule has 1 aliphatic rings. The SMILES string of the molecule is CCC(C)(C(N)CN)N1CCCCC1(C)S. The molecular weight excluding hydrogens is 218 g/mol. The summed E-state index contributed by atoms with van der Waals surface area (Å²) in [5.41, 5.74) is 11.9. The highest BCUT2D eigenvalue weighted by Crippen LogP contribution is 2.39. The molecule has 0 aromatic rings. The summed E-state index contributed by atoms with van der Waals surface area (Å²) in [4.78, 5) is 2.42. The molecule has 1 saturated heterocycles. The van der Waals surface area contributed by atoms with Crippen molar-refractivity contribution < 1.29 is 0 Å². The molecule has 1 rings (SSSR count). The third-order valence-corrected chi connectivity index (χ3v) is 4.71. The van der Waals surface area contributed by atoms with Crippen LogP contribution in [0.3, 0.4) is 0 Å². The summed E-state index contributed by atoms with van der Waals surface area (Å²) in [5, 5.41) is 0. The van der Waals surface area contributed by atoms with Gasteiger partial charge >= 0.3 is 0 Å². The largest absolute Gasteiger partial charge is 0.329 e. The molecule has 0 aromatic heterocycles. The van der Waals surface area contributed by atoms with Gasteiger partial charge in [-0.15, -0.1) is 0 Å². The van der Waals surface area contributed by atoms with E-state index in [1.54, 1.807) is 0 Å². The van der Waals surface area contributed by atoms with E-state index >= 15 is 0 Å². The summed E-state index contributed by atoms with van der Waals surface area (Å²) in [6.07, 6.45) is 4.64. The molecule has 4 heteroatoms. The van der Waals surface area contributed by atoms with Crippen molar-refractivity contribution in [2.24, 2.45) is 11.5 Å². The van der Waals surface area contributed by atoms with Crippen molar-refractivity contribution in [1.29, 1.82) is 0 Å². The van der Waals surface area contributed by atoms with E-state index in [1.807, 2.05) is 0 Å². The maximum absolute atomic E-state index is 6.21. The van der Waals surface area contributed by atoms with Crippen LogP contribution in [0.2, 0.25) is 0 Å². The average Bonchev–Trinajstić information content (AvgIpc) is 2.26. The zero-order valence-electron chi connectivity index (χ0n) is 10.9. The molecule has 96 valence electrons. The lowest BCUT2D eigenvalue weighted by atomic mass is 9.84. The standard InChI is InChI=1S/C12H27N3S/c1-4-11(2,10(14)9-13)15-8-6-5-7-12(15,3)16/h10,16H,4-9,13-14H2,1-3H3. The Morgan fingerprint density at radius 1 is 1.50 bits per heavy atom. The van der Waals surface area contributed by atoms with Gasteiger partial charge in [-0.3, -0.25) is 4.90 Å². The van der Waals surface area contributed by atoms with Gasteiger partial charge in [-0.2, -0.15) is 12.6 Å². The van der Waals surface area contributed by atoms with Crippen LogP contribution in [0.4, 0.5) is 0 Å². The van der Waals surface area contributed by atoms with Crippen LogP contribution in [0, 0.1) is 0 Å². The van der Waals surface area contributed by atoms with Gasteiger partial charge in [-0.25, -0.2) is 0 Å². The molecule has 16 heavy (non-hydrogen) atoms. The number of hydrogen-bond acceptors (Lipinski definition) is 4. The molecule has 0 radical (unpaired) electrons. The second kappa shape index (κ2) is 5.25. The molecule has 0 spiro atoms. The van der Waals surface area contributed by atoms with E-state index in [1.165, 1.54) is 12.8 Å². The Morgan fingerprint density at radius 3 is 2.56 bits per heavy atom. The molecule has 0 aromatic carbocycles. The number of hydrogen-bond donors (Lipinski definition) is 3. The first kappa shape index (κ1) is 14.3. The van der Waals surface area contributed by atoms with Crippen molar-refractivity contribution >= 4 is 12.6 Å². The molecule has 1 heterocycles. The molecule has 3 nitrogen and oxygen atoms in total. The first-order valence-electron chi connectivity index (χ1n) is 6.34. The van der Waals surface area contributed by atoms with Crippen LogP contribution < -0.4 is 11.5 Å². The van der Waals surface area contributed by atoms with Crippen LogP contribution in [0.5, 0.6) is 0 Å². The van der Waals surface area contributed by atoms with Crippen molar-refractivity contribution in [3.05, 3.63) is 0 Å². The van der Waals surface area contributed by atoms with Crippen LogP contribution in [-0.4, -0.2) is 34.4 Å². The van der Waals surface area contributed by atoms with Gasteiger partial charge in [0, 0.05) is 24.7 Å². The summed E-state index contributed by atoms with van der Waals surface area (Å²) in [6.45, 7) is 8.23. The normalized spacial score (nSPS) is 33.4. The molecule has 3 unspecified atom stereocenters. The maximum Gasteiger partial charge on any atom is 0.0617 e. The Labute approximate surface area is 105 Å². The highest BCUT2D eigenvalue weighted by atomic mass is 32.1. The summed E-state index contributed by atoms with van der Waals surface area (Å²) in [7, 11) is 0. The Bertz CT molecular complexity index is 232. The van der Waals surface area contributed by atoms with Crippen molar-refractivity contribution in [2.75, 3.05) is 13.1 Å². The fourth-order valence-corrected chi connectivity index (χ4v) is 3.30. The van der Waals surface area contributed by atoms with Gasteiger partial charge in [-0.05, 0) is 39.5 Å². The van der Waals surface area contributed by atoms with Gasteiger partial charge in [0.05, 0.1) is 4.87 Å². The molecule has 0 bridgehead atoms. The third-order valence-electron chi connectivity index (χ3n) is 4.25. The van der Waals surface area contributed by atoms with Crippen molar-refractivity contribution in [3.63, 3.8) is 0 Å². The average molecular weight is 245 g/mol. The Hall–Kier alpha value is 0.230. The summed E-state index contributed by atoms with van der Waals surface area (Å²) in [6, 6.07) is 0.0158. The maximum atomic E-state index is 6.21. The number of piperidine rings is 1. The van der Waals surface area contributed by atoms with Crippen molar-refractivity contribution in [2.45, 2.75) is 62.9 Å². The van der Waals surface area contributed by atoms with Gasteiger partial charge in [0.25, 0.3) is 0 Å². The Balaban J connectivity index is 2.93. The zero-order valence-corrected chi connectivity index (χ0v) is 11.8. The molecular formula is C12H27N3S. The Kier molecular flexibility index (Phi) is 4.69. The Morgan fingerprint density at radius 2 is 2.12 bits per heavy atom. The highest BCUT2D eigenvalue weighted by molar-refractivity contribution is 7.81. The van der Waals surface area contributed by atoms with E-state index in [4.69, 9.17) is 24.1 Å². The summed E-state index contributed by atoms with van der Waals surface area (Å²) >= 11 is 4.82. The molecule has 0 saturated carbocycles. The van der Waals surface area contributed by atoms with Crippen LogP contribution in [-0.2, 0) is 0 Å². The lowest BCUT2D eigenvalue weighted by molar-refractivity contribution is 0.00161. The minimum Gasteiger partial charge on any atom is -0.329 e. The van der Waals surface area contributed by atoms with Gasteiger partial charge in [-0.1, -0.05) is 6.92 Å². The molecule has 3 atom stereocenters. The quantitative estimate of drug-likeness (QED) is 0.659. The molecule has 0 amide bonds. The monoisotopic (exact) mass is 245 g/mol. The molecule has 1 fully saturated rings. The van der Waals surface area contributed by atoms with Crippen molar-refractivity contribution in [1.82, 2.24) is 4.90 Å². The lowest BCUT2D eigenvalue weighted by Gasteiger charge is -2.54. The van der Waals surface area contributed by atoms with Crippen LogP contribution in [0.1, 0.15) is 46.5 Å². The number of likely N-dealkylation sites (tertiary alicyclic amines) is 1. The van der Waals surface area contributed by atoms with E-state index in [0.29, 0.717) is 6.54 Å². The molecule has 4 N–H and O–H groups in total. The zero-order chi connectivity index (χ0) is 12.4. The first-order valence-corrected chi connectivity index (χ1v) is 6.79. The number of nitrogens with two attached hydrogens (primary N) is 2. The van der Waals surface area contributed by atoms with E-state index in [2.05, 4.69) is 25.7 Å². The predicted molar refractivity (Wildman–Crippen MR) is 73.7 cm³/mol. The van der Waals surface area contributed by atoms with Gasteiger partial charge in [0.2, 0.25) is 0 Å². The van der Waals surface area contributed by atoms with E-state index in [-0.39, 0.29) is 16.5 Å². The lowest BCUT2D eigenvalue weighted by Crippen LogP contribution is -2.66. The second-order valence-electron chi connectivity index (χ2n) is 5.38. The van der Waals surface area contributed by atoms with Crippen LogP contribution in [0.25, 0.3) is 0 Å². The third kappa shape index (κ3) is 2.55. The summed E-state index contributed by atoms with van der Waals surface area (Å²) < 4.78 is 0. The van der Waals surface area contributed by atoms with E-state index in [0.717, 1.165) is 19.4 Å². The van der Waals surface area contributed by atoms with E-state index < -0.39 is 0 Å². The minimum atomic E-state index is -0.0458. The second-order valence-corrected chi connectivity index (χ2v) is 6.34. The number of rotatable bonds is 4. The number of thiol groups is 1. The molecule has 1 aliphatic heterocycles. The topological polar surface area (TPSA) is 55.3 Å². The van der Waals surface area contributed by atoms with Gasteiger partial charge in [0.15, 0.2) is 0 Å². The minimum absolute atomic E-state index is 0.0158. The van der Waals surface area contributed by atoms with Gasteiger partial charge < -0.3 is 11.5 Å². The fraction of sp³-hybridized carbons (Fsp3) is 1.00. The highest BCUT2D eigenvalue weighted by Gasteiger charge is 2.44. The fourth-order valence-electron chi connectivity index (χ4n) is 2.82. The first-order chi connectivity index (χ1) is 7.38. The van der Waals surface area contributed by atoms with Crippen LogP contribution >= 0.6 is 12.6 Å². The van der Waals surface area contributed by atoms with Crippen molar-refractivity contribution in [3.8, 4) is 0 Å². The molecule has 0 aliphatic carbocycles. The predicted octanol–water partition coefficient (Wildman–Crippen LogP) is 1.57. The summed E-state index contributed by atoms with van der Waals surface area (Å²) in [5.74, 6) is 0.